The molecule has 22 heavy (non-hydrogen) atoms. The molecular formula is C16H16ClN3OS. The van der Waals surface area contributed by atoms with Gasteiger partial charge in [-0.05, 0) is 43.1 Å². The van der Waals surface area contributed by atoms with Gasteiger partial charge in [-0.2, -0.15) is 0 Å². The minimum Gasteiger partial charge on any atom is -0.295 e. The van der Waals surface area contributed by atoms with Crippen LogP contribution in [0.3, 0.4) is 0 Å². The Labute approximate surface area is 137 Å². The number of nitrogens with zero attached hydrogens (tertiary/aromatic N) is 3. The molecule has 0 amide bonds. The van der Waals surface area contributed by atoms with Crippen LogP contribution >= 0.6 is 22.9 Å². The smallest absolute Gasteiger partial charge is 0.258 e. The fourth-order valence-electron chi connectivity index (χ4n) is 2.35. The lowest BCUT2D eigenvalue weighted by Crippen LogP contribution is -2.21. The lowest BCUT2D eigenvalue weighted by atomic mass is 10.2. The second-order valence-corrected chi connectivity index (χ2v) is 6.80. The van der Waals surface area contributed by atoms with Gasteiger partial charge < -0.3 is 0 Å². The molecule has 4 nitrogen and oxygen atoms in total. The number of aromatic nitrogens is 2. The van der Waals surface area contributed by atoms with E-state index in [1.807, 2.05) is 7.05 Å². The molecule has 3 aromatic rings. The Morgan fingerprint density at radius 3 is 2.86 bits per heavy atom. The number of hydrogen-bond donors (Lipinski definition) is 0. The molecule has 0 aliphatic heterocycles. The Morgan fingerprint density at radius 2 is 2.14 bits per heavy atom. The third-order valence-corrected chi connectivity index (χ3v) is 4.72. The van der Waals surface area contributed by atoms with Gasteiger partial charge in [0.25, 0.3) is 5.56 Å². The van der Waals surface area contributed by atoms with Crippen LogP contribution in [0.2, 0.25) is 5.02 Å². The predicted octanol–water partition coefficient (Wildman–Crippen LogP) is 3.35. The number of rotatable bonds is 4. The summed E-state index contributed by atoms with van der Waals surface area (Å²) < 4.78 is 1.47. The monoisotopic (exact) mass is 333 g/mol. The summed E-state index contributed by atoms with van der Waals surface area (Å²) in [5.41, 5.74) is 2.58. The minimum absolute atomic E-state index is 0.108. The zero-order valence-electron chi connectivity index (χ0n) is 12.4. The van der Waals surface area contributed by atoms with Crippen LogP contribution in [0.5, 0.6) is 0 Å². The van der Waals surface area contributed by atoms with E-state index in [9.17, 15) is 4.79 Å². The Kier molecular flexibility index (Phi) is 4.29. The molecule has 0 fully saturated rings. The van der Waals surface area contributed by atoms with E-state index in [1.54, 1.807) is 35.7 Å². The van der Waals surface area contributed by atoms with Crippen LogP contribution < -0.4 is 5.56 Å². The molecule has 0 bridgehead atoms. The number of thiophene rings is 1. The average molecular weight is 334 g/mol. The molecule has 0 atom stereocenters. The third kappa shape index (κ3) is 3.21. The Hall–Kier alpha value is -1.69. The molecule has 0 radical (unpaired) electrons. The number of halogens is 1. The maximum Gasteiger partial charge on any atom is 0.258 e. The molecule has 0 spiro atoms. The molecule has 3 aromatic heterocycles. The molecule has 0 aromatic carbocycles. The van der Waals surface area contributed by atoms with E-state index >= 15 is 0 Å². The van der Waals surface area contributed by atoms with E-state index in [1.165, 1.54) is 14.8 Å². The van der Waals surface area contributed by atoms with Crippen molar-refractivity contribution in [3.63, 3.8) is 0 Å². The summed E-state index contributed by atoms with van der Waals surface area (Å²) in [7, 11) is 2.03. The van der Waals surface area contributed by atoms with Crippen LogP contribution in [-0.2, 0) is 13.1 Å². The topological polar surface area (TPSA) is 37.6 Å². The highest BCUT2D eigenvalue weighted by Gasteiger charge is 2.08. The van der Waals surface area contributed by atoms with Gasteiger partial charge in [-0.1, -0.05) is 11.6 Å². The lowest BCUT2D eigenvalue weighted by Gasteiger charge is -2.16. The second-order valence-electron chi connectivity index (χ2n) is 5.36. The molecule has 0 saturated carbocycles. The van der Waals surface area contributed by atoms with E-state index < -0.39 is 0 Å². The molecule has 0 N–H and O–H groups in total. The van der Waals surface area contributed by atoms with Gasteiger partial charge in [0, 0.05) is 30.2 Å². The molecule has 0 unspecified atom stereocenters. The van der Waals surface area contributed by atoms with E-state index in [0.29, 0.717) is 17.2 Å². The lowest BCUT2D eigenvalue weighted by molar-refractivity contribution is 0.317. The van der Waals surface area contributed by atoms with Gasteiger partial charge in [-0.25, -0.2) is 4.98 Å². The highest BCUT2D eigenvalue weighted by molar-refractivity contribution is 7.10. The van der Waals surface area contributed by atoms with Crippen molar-refractivity contribution in [2.75, 3.05) is 7.05 Å². The number of aryl methyl sites for hydroxylation is 1. The first kappa shape index (κ1) is 15.2. The van der Waals surface area contributed by atoms with Crippen molar-refractivity contribution in [1.29, 1.82) is 0 Å². The Balaban J connectivity index is 1.83. The van der Waals surface area contributed by atoms with Crippen molar-refractivity contribution < 1.29 is 0 Å². The van der Waals surface area contributed by atoms with Crippen LogP contribution in [-0.4, -0.2) is 21.3 Å². The maximum atomic E-state index is 12.2. The highest BCUT2D eigenvalue weighted by Crippen LogP contribution is 2.18. The van der Waals surface area contributed by atoms with Crippen LogP contribution in [0.1, 0.15) is 16.1 Å². The molecule has 0 saturated heterocycles. The fourth-order valence-corrected chi connectivity index (χ4v) is 3.50. The van der Waals surface area contributed by atoms with Gasteiger partial charge in [-0.15, -0.1) is 11.3 Å². The van der Waals surface area contributed by atoms with Crippen LogP contribution in [0.25, 0.3) is 5.65 Å². The molecule has 0 aliphatic rings. The van der Waals surface area contributed by atoms with E-state index in [0.717, 1.165) is 12.2 Å². The van der Waals surface area contributed by atoms with Gasteiger partial charge in [-0.3, -0.25) is 14.1 Å². The van der Waals surface area contributed by atoms with Crippen molar-refractivity contribution in [3.8, 4) is 0 Å². The highest BCUT2D eigenvalue weighted by atomic mass is 35.5. The molecular weight excluding hydrogens is 318 g/mol. The summed E-state index contributed by atoms with van der Waals surface area (Å²) in [5, 5.41) is 2.62. The number of hydrogen-bond acceptors (Lipinski definition) is 4. The van der Waals surface area contributed by atoms with Crippen molar-refractivity contribution in [2.24, 2.45) is 0 Å². The molecule has 114 valence electrons. The molecule has 3 heterocycles. The van der Waals surface area contributed by atoms with Crippen LogP contribution in [0.4, 0.5) is 0 Å². The quantitative estimate of drug-likeness (QED) is 0.735. The summed E-state index contributed by atoms with van der Waals surface area (Å²) in [6, 6.07) is 7.20. The van der Waals surface area contributed by atoms with Crippen molar-refractivity contribution >= 4 is 28.6 Å². The SMILES string of the molecule is Cc1ccsc1CN(C)Cc1cc(=O)n2cc(Cl)ccc2n1. The van der Waals surface area contributed by atoms with E-state index in [-0.39, 0.29) is 5.56 Å². The minimum atomic E-state index is -0.108. The maximum absolute atomic E-state index is 12.2. The Bertz CT molecular complexity index is 871. The number of pyridine rings is 1. The first-order valence-electron chi connectivity index (χ1n) is 6.92. The molecule has 6 heteroatoms. The molecule has 0 aliphatic carbocycles. The van der Waals surface area contributed by atoms with Gasteiger partial charge in [0.2, 0.25) is 0 Å². The van der Waals surface area contributed by atoms with Gasteiger partial charge in [0.1, 0.15) is 5.65 Å². The largest absolute Gasteiger partial charge is 0.295 e. The predicted molar refractivity (Wildman–Crippen MR) is 90.7 cm³/mol. The van der Waals surface area contributed by atoms with Gasteiger partial charge in [0.05, 0.1) is 10.7 Å². The molecule has 3 rings (SSSR count). The first-order chi connectivity index (χ1) is 10.5. The van der Waals surface area contributed by atoms with Crippen molar-refractivity contribution in [1.82, 2.24) is 14.3 Å². The summed E-state index contributed by atoms with van der Waals surface area (Å²) in [6.45, 7) is 3.60. The summed E-state index contributed by atoms with van der Waals surface area (Å²) >= 11 is 7.67. The fraction of sp³-hybridized carbons (Fsp3) is 0.250. The van der Waals surface area contributed by atoms with E-state index in [4.69, 9.17) is 11.6 Å². The first-order valence-corrected chi connectivity index (χ1v) is 8.18. The van der Waals surface area contributed by atoms with Gasteiger partial charge in [0.15, 0.2) is 0 Å². The second kappa shape index (κ2) is 6.20. The van der Waals surface area contributed by atoms with Gasteiger partial charge >= 0.3 is 0 Å². The standard InChI is InChI=1S/C16H16ClN3OS/c1-11-5-6-22-14(11)10-19(2)9-13-7-16(21)20-8-12(17)3-4-15(20)18-13/h3-8H,9-10H2,1-2H3. The van der Waals surface area contributed by atoms with E-state index in [2.05, 4.69) is 28.3 Å². The summed E-state index contributed by atoms with van der Waals surface area (Å²) in [6.07, 6.45) is 1.59. The van der Waals surface area contributed by atoms with Crippen molar-refractivity contribution in [3.05, 3.63) is 67.4 Å². The normalized spacial score (nSPS) is 11.5. The van der Waals surface area contributed by atoms with Crippen molar-refractivity contribution in [2.45, 2.75) is 20.0 Å². The van der Waals surface area contributed by atoms with Crippen LogP contribution in [0.15, 0.2) is 40.6 Å². The zero-order valence-corrected chi connectivity index (χ0v) is 14.0. The summed E-state index contributed by atoms with van der Waals surface area (Å²) in [4.78, 5) is 20.2. The average Bonchev–Trinajstić information content (AvgIpc) is 2.85. The Morgan fingerprint density at radius 1 is 1.32 bits per heavy atom. The number of fused-ring (bicyclic) bond motifs is 1. The third-order valence-electron chi connectivity index (χ3n) is 3.49. The van der Waals surface area contributed by atoms with Crippen LogP contribution in [0, 0.1) is 6.92 Å². The zero-order chi connectivity index (χ0) is 15.7. The summed E-state index contributed by atoms with van der Waals surface area (Å²) in [5.74, 6) is 0.